The maximum atomic E-state index is 13.7. The Morgan fingerprint density at radius 2 is 1.65 bits per heavy atom. The normalized spacial score (nSPS) is 11.2. The van der Waals surface area contributed by atoms with Gasteiger partial charge in [-0.3, -0.25) is 9.59 Å². The molecule has 204 valence electrons. The Morgan fingerprint density at radius 1 is 0.900 bits per heavy atom. The molecule has 4 aromatic carbocycles. The van der Waals surface area contributed by atoms with E-state index in [2.05, 4.69) is 17.3 Å². The molecule has 1 heterocycles. The molecule has 1 amide bonds. The SMILES string of the molecule is COc1ccc(CN(C)CCc2ccc(NC(=O)c3cccc4c(=O)c5cc(F)ccc5sc34)cc2)cc1OC. The van der Waals surface area contributed by atoms with Crippen LogP contribution >= 0.6 is 11.3 Å². The van der Waals surface area contributed by atoms with Crippen LogP contribution in [-0.2, 0) is 13.0 Å². The molecule has 0 atom stereocenters. The topological polar surface area (TPSA) is 67.9 Å². The summed E-state index contributed by atoms with van der Waals surface area (Å²) in [7, 11) is 5.33. The number of nitrogens with zero attached hydrogens (tertiary/aromatic N) is 1. The molecule has 0 unspecified atom stereocenters. The number of nitrogens with one attached hydrogen (secondary N) is 1. The summed E-state index contributed by atoms with van der Waals surface area (Å²) in [5.41, 5.74) is 3.08. The van der Waals surface area contributed by atoms with E-state index in [4.69, 9.17) is 9.47 Å². The van der Waals surface area contributed by atoms with E-state index in [9.17, 15) is 14.0 Å². The van der Waals surface area contributed by atoms with Crippen molar-refractivity contribution in [3.63, 3.8) is 0 Å². The van der Waals surface area contributed by atoms with Crippen molar-refractivity contribution in [2.45, 2.75) is 13.0 Å². The van der Waals surface area contributed by atoms with Gasteiger partial charge in [-0.15, -0.1) is 11.3 Å². The zero-order chi connectivity index (χ0) is 28.2. The molecule has 5 rings (SSSR count). The first kappa shape index (κ1) is 27.3. The number of amides is 1. The number of ether oxygens (including phenoxy) is 2. The van der Waals surface area contributed by atoms with E-state index in [1.165, 1.54) is 23.5 Å². The molecule has 0 saturated heterocycles. The molecule has 0 aliphatic carbocycles. The summed E-state index contributed by atoms with van der Waals surface area (Å²) >= 11 is 1.31. The average molecular weight is 557 g/mol. The van der Waals surface area contributed by atoms with Crippen molar-refractivity contribution in [3.8, 4) is 11.5 Å². The maximum absolute atomic E-state index is 13.7. The van der Waals surface area contributed by atoms with Crippen LogP contribution in [0.15, 0.2) is 83.7 Å². The Bertz CT molecular complexity index is 1750. The third-order valence-electron chi connectivity index (χ3n) is 6.80. The summed E-state index contributed by atoms with van der Waals surface area (Å²) in [4.78, 5) is 28.4. The van der Waals surface area contributed by atoms with E-state index in [1.807, 2.05) is 42.5 Å². The Kier molecular flexibility index (Phi) is 8.09. The molecule has 1 aromatic heterocycles. The van der Waals surface area contributed by atoms with Crippen molar-refractivity contribution in [1.29, 1.82) is 0 Å². The van der Waals surface area contributed by atoms with Crippen LogP contribution in [0.3, 0.4) is 0 Å². The first-order valence-electron chi connectivity index (χ1n) is 12.8. The number of rotatable bonds is 9. The third kappa shape index (κ3) is 5.83. The molecule has 5 aromatic rings. The van der Waals surface area contributed by atoms with E-state index in [0.29, 0.717) is 42.9 Å². The van der Waals surface area contributed by atoms with E-state index >= 15 is 0 Å². The Hall–Kier alpha value is -4.27. The Balaban J connectivity index is 1.24. The summed E-state index contributed by atoms with van der Waals surface area (Å²) in [5, 5.41) is 3.67. The van der Waals surface area contributed by atoms with Crippen LogP contribution in [0.4, 0.5) is 10.1 Å². The van der Waals surface area contributed by atoms with Gasteiger partial charge in [-0.05, 0) is 79.2 Å². The van der Waals surface area contributed by atoms with Crippen LogP contribution in [0.25, 0.3) is 20.2 Å². The molecule has 0 aliphatic rings. The molecule has 6 nitrogen and oxygen atoms in total. The van der Waals surface area contributed by atoms with Gasteiger partial charge in [0.05, 0.1) is 24.5 Å². The number of methoxy groups -OCH3 is 2. The van der Waals surface area contributed by atoms with Gasteiger partial charge in [-0.1, -0.05) is 24.3 Å². The summed E-state index contributed by atoms with van der Waals surface area (Å²) in [6.45, 7) is 1.63. The molecule has 8 heteroatoms. The molecule has 1 N–H and O–H groups in total. The lowest BCUT2D eigenvalue weighted by Gasteiger charge is -2.18. The molecular formula is C32H29FN2O4S. The van der Waals surface area contributed by atoms with Gasteiger partial charge >= 0.3 is 0 Å². The lowest BCUT2D eigenvalue weighted by molar-refractivity contribution is 0.102. The highest BCUT2D eigenvalue weighted by molar-refractivity contribution is 7.24. The number of carbonyl (C=O) groups excluding carboxylic acids is 1. The zero-order valence-corrected chi connectivity index (χ0v) is 23.3. The molecule has 0 spiro atoms. The minimum Gasteiger partial charge on any atom is -0.493 e. The van der Waals surface area contributed by atoms with Gasteiger partial charge in [0.2, 0.25) is 0 Å². The van der Waals surface area contributed by atoms with Crippen LogP contribution < -0.4 is 20.2 Å². The predicted molar refractivity (Wildman–Crippen MR) is 160 cm³/mol. The van der Waals surface area contributed by atoms with Crippen molar-refractivity contribution < 1.29 is 18.7 Å². The monoisotopic (exact) mass is 556 g/mol. The summed E-state index contributed by atoms with van der Waals surface area (Å²) in [6, 6.07) is 22.9. The van der Waals surface area contributed by atoms with Gasteiger partial charge < -0.3 is 19.7 Å². The van der Waals surface area contributed by atoms with Crippen molar-refractivity contribution in [3.05, 3.63) is 112 Å². The standard InChI is InChI=1S/C32H29FN2O4S/c1-35(19-21-9-13-27(38-2)28(17-21)39-3)16-15-20-7-11-23(12-8-20)34-32(37)25-6-4-5-24-30(36)26-18-22(33)10-14-29(26)40-31(24)25/h4-14,17-18H,15-16,19H2,1-3H3,(H,34,37). The van der Waals surface area contributed by atoms with E-state index in [-0.39, 0.29) is 11.3 Å². The highest BCUT2D eigenvalue weighted by Crippen LogP contribution is 2.29. The summed E-state index contributed by atoms with van der Waals surface area (Å²) in [5.74, 6) is 0.665. The lowest BCUT2D eigenvalue weighted by Crippen LogP contribution is -2.20. The molecule has 40 heavy (non-hydrogen) atoms. The van der Waals surface area contributed by atoms with Crippen molar-refractivity contribution in [2.75, 3.05) is 33.1 Å². The highest BCUT2D eigenvalue weighted by Gasteiger charge is 2.15. The number of carbonyl (C=O) groups is 1. The number of anilines is 1. The van der Waals surface area contributed by atoms with Gasteiger partial charge in [0.1, 0.15) is 5.82 Å². The lowest BCUT2D eigenvalue weighted by atomic mass is 10.1. The van der Waals surface area contributed by atoms with Crippen molar-refractivity contribution >= 4 is 43.1 Å². The van der Waals surface area contributed by atoms with Gasteiger partial charge in [0.15, 0.2) is 16.9 Å². The number of halogens is 1. The molecule has 0 fully saturated rings. The largest absolute Gasteiger partial charge is 0.493 e. The summed E-state index contributed by atoms with van der Waals surface area (Å²) < 4.78 is 25.6. The first-order valence-corrected chi connectivity index (χ1v) is 13.6. The van der Waals surface area contributed by atoms with Crippen molar-refractivity contribution in [2.24, 2.45) is 0 Å². The number of hydrogen-bond acceptors (Lipinski definition) is 6. The number of fused-ring (bicyclic) bond motifs is 2. The third-order valence-corrected chi connectivity index (χ3v) is 8.02. The van der Waals surface area contributed by atoms with Gasteiger partial charge in [-0.2, -0.15) is 0 Å². The fourth-order valence-corrected chi connectivity index (χ4v) is 5.83. The molecule has 0 radical (unpaired) electrons. The van der Waals surface area contributed by atoms with E-state index < -0.39 is 5.82 Å². The first-order chi connectivity index (χ1) is 19.4. The number of hydrogen-bond donors (Lipinski definition) is 1. The fourth-order valence-electron chi connectivity index (χ4n) is 4.67. The second-order valence-corrected chi connectivity index (χ2v) is 10.6. The second-order valence-electron chi connectivity index (χ2n) is 9.58. The van der Waals surface area contributed by atoms with Crippen molar-refractivity contribution in [1.82, 2.24) is 4.90 Å². The average Bonchev–Trinajstić information content (AvgIpc) is 2.97. The molecule has 0 aliphatic heterocycles. The van der Waals surface area contributed by atoms with Crippen LogP contribution in [0.1, 0.15) is 21.5 Å². The predicted octanol–water partition coefficient (Wildman–Crippen LogP) is 6.50. The second kappa shape index (κ2) is 11.9. The highest BCUT2D eigenvalue weighted by atomic mass is 32.1. The number of benzene rings is 4. The minimum atomic E-state index is -0.460. The molecular weight excluding hydrogens is 527 g/mol. The molecule has 0 saturated carbocycles. The van der Waals surface area contributed by atoms with E-state index in [1.54, 1.807) is 38.5 Å². The Morgan fingerprint density at radius 3 is 2.40 bits per heavy atom. The van der Waals surface area contributed by atoms with Gasteiger partial charge in [0, 0.05) is 34.2 Å². The fraction of sp³-hybridized carbons (Fsp3) is 0.188. The Labute approximate surface area is 235 Å². The summed E-state index contributed by atoms with van der Waals surface area (Å²) in [6.07, 6.45) is 0.850. The molecule has 0 bridgehead atoms. The number of likely N-dealkylation sites (N-methyl/N-ethyl adjacent to an activating group) is 1. The zero-order valence-electron chi connectivity index (χ0n) is 22.5. The van der Waals surface area contributed by atoms with Gasteiger partial charge in [-0.25, -0.2) is 4.39 Å². The minimum absolute atomic E-state index is 0.279. The van der Waals surface area contributed by atoms with Gasteiger partial charge in [0.25, 0.3) is 5.91 Å². The smallest absolute Gasteiger partial charge is 0.257 e. The van der Waals surface area contributed by atoms with Crippen LogP contribution in [0.2, 0.25) is 0 Å². The van der Waals surface area contributed by atoms with Crippen LogP contribution in [-0.4, -0.2) is 38.6 Å². The van der Waals surface area contributed by atoms with Crippen LogP contribution in [0.5, 0.6) is 11.5 Å². The van der Waals surface area contributed by atoms with Crippen LogP contribution in [0, 0.1) is 5.82 Å². The quantitative estimate of drug-likeness (QED) is 0.210. The maximum Gasteiger partial charge on any atom is 0.257 e. The van der Waals surface area contributed by atoms with E-state index in [0.717, 1.165) is 30.6 Å².